The van der Waals surface area contributed by atoms with Crippen LogP contribution in [0.2, 0.25) is 0 Å². The number of nitrogens with one attached hydrogen (secondary N) is 4. The molecule has 1 atom stereocenters. The van der Waals surface area contributed by atoms with Crippen LogP contribution in [0.15, 0.2) is 40.2 Å². The van der Waals surface area contributed by atoms with Crippen molar-refractivity contribution in [3.63, 3.8) is 0 Å². The molecule has 2 aliphatic rings. The van der Waals surface area contributed by atoms with Gasteiger partial charge in [-0.3, -0.25) is 4.98 Å². The number of nitrogens with zero attached hydrogens (tertiary/aromatic N) is 5. The first-order valence-corrected chi connectivity index (χ1v) is 10.6. The lowest BCUT2D eigenvalue weighted by Gasteiger charge is -2.27. The molecule has 1 fully saturated rings. The first-order chi connectivity index (χ1) is 15.6. The fraction of sp³-hybridized carbons (Fsp3) is 0.286. The summed E-state index contributed by atoms with van der Waals surface area (Å²) in [7, 11) is 0. The van der Waals surface area contributed by atoms with Gasteiger partial charge in [0.2, 0.25) is 11.8 Å². The quantitative estimate of drug-likeness (QED) is 0.315. The lowest BCUT2D eigenvalue weighted by atomic mass is 9.98. The van der Waals surface area contributed by atoms with Gasteiger partial charge in [0.1, 0.15) is 5.69 Å². The number of imidazole rings is 1. The van der Waals surface area contributed by atoms with E-state index in [2.05, 4.69) is 42.8 Å². The first-order valence-electron chi connectivity index (χ1n) is 10.6. The Labute approximate surface area is 181 Å². The molecule has 0 saturated heterocycles. The van der Waals surface area contributed by atoms with Crippen LogP contribution < -0.4 is 27.2 Å². The monoisotopic (exact) mass is 431 g/mol. The van der Waals surface area contributed by atoms with Gasteiger partial charge in [-0.2, -0.15) is 19.6 Å². The number of hydrogen-bond acceptors (Lipinski definition) is 8. The summed E-state index contributed by atoms with van der Waals surface area (Å²) in [6, 6.07) is 8.50. The fourth-order valence-electron chi connectivity index (χ4n) is 3.92. The fourth-order valence-corrected chi connectivity index (χ4v) is 3.92. The summed E-state index contributed by atoms with van der Waals surface area (Å²) in [6.45, 7) is 0.849. The molecule has 11 heteroatoms. The third-order valence-electron chi connectivity index (χ3n) is 5.65. The van der Waals surface area contributed by atoms with Crippen molar-refractivity contribution < 1.29 is 5.11 Å². The van der Waals surface area contributed by atoms with Gasteiger partial charge in [-0.1, -0.05) is 18.2 Å². The third-order valence-corrected chi connectivity index (χ3v) is 5.65. The molecule has 0 bridgehead atoms. The number of aromatic hydroxyl groups is 1. The zero-order valence-electron chi connectivity index (χ0n) is 17.0. The maximum absolute atomic E-state index is 11.5. The number of aromatic nitrogens is 6. The van der Waals surface area contributed by atoms with Crippen molar-refractivity contribution in [3.05, 3.63) is 63.0 Å². The van der Waals surface area contributed by atoms with Crippen LogP contribution in [-0.2, 0) is 0 Å². The van der Waals surface area contributed by atoms with E-state index in [1.807, 2.05) is 12.1 Å². The van der Waals surface area contributed by atoms with E-state index in [0.29, 0.717) is 22.4 Å². The zero-order valence-corrected chi connectivity index (χ0v) is 17.0. The maximum Gasteiger partial charge on any atom is 0.326 e. The van der Waals surface area contributed by atoms with Gasteiger partial charge in [-0.05, 0) is 37.0 Å². The molecule has 1 aliphatic heterocycles. The van der Waals surface area contributed by atoms with Gasteiger partial charge in [-0.15, -0.1) is 0 Å². The van der Waals surface area contributed by atoms with Gasteiger partial charge >= 0.3 is 5.69 Å². The molecule has 1 saturated carbocycles. The number of hydrogen-bond donors (Lipinski definition) is 5. The van der Waals surface area contributed by atoms with Crippen molar-refractivity contribution in [2.45, 2.75) is 31.3 Å². The normalized spacial score (nSPS) is 19.2. The van der Waals surface area contributed by atoms with Gasteiger partial charge in [0, 0.05) is 17.5 Å². The molecule has 32 heavy (non-hydrogen) atoms. The Balaban J connectivity index is 1.48. The molecular formula is C21H21N9O2. The Morgan fingerprint density at radius 2 is 2.06 bits per heavy atom. The molecule has 4 heterocycles. The third kappa shape index (κ3) is 3.37. The van der Waals surface area contributed by atoms with Crippen LogP contribution in [0.3, 0.4) is 0 Å². The molecule has 162 valence electrons. The summed E-state index contributed by atoms with van der Waals surface area (Å²) in [6.07, 6.45) is 6.19. The molecule has 1 aliphatic carbocycles. The molecule has 1 aromatic carbocycles. The number of fused-ring (bicyclic) bond motifs is 2. The maximum atomic E-state index is 11.5. The Hall–Kier alpha value is -4.15. The standard InChI is InChI=1S/C21H21N9O2/c31-18-16(26-21(32)28-18)9-11-10-23-30-17(11)27-19(29-20(30)24-12-5-6-12)25-15-7-8-22-14-4-2-1-3-13(14)15/h1-4,9-10,12,15,22,31H,5-8H2,(H,24,25,29)(H2,26,28,32). The van der Waals surface area contributed by atoms with Crippen molar-refractivity contribution in [1.82, 2.24) is 29.5 Å². The number of benzene rings is 1. The van der Waals surface area contributed by atoms with Gasteiger partial charge in [-0.25, -0.2) is 9.79 Å². The minimum atomic E-state index is -0.490. The summed E-state index contributed by atoms with van der Waals surface area (Å²) in [5.41, 5.74) is 3.05. The Kier molecular flexibility index (Phi) is 4.20. The highest BCUT2D eigenvalue weighted by molar-refractivity contribution is 5.58. The molecule has 1 unspecified atom stereocenters. The van der Waals surface area contributed by atoms with Crippen LogP contribution in [0, 0.1) is 0 Å². The lowest BCUT2D eigenvalue weighted by Crippen LogP contribution is -2.28. The van der Waals surface area contributed by atoms with Gasteiger partial charge < -0.3 is 20.7 Å². The average molecular weight is 431 g/mol. The Morgan fingerprint density at radius 3 is 2.88 bits per heavy atom. The highest BCUT2D eigenvalue weighted by Gasteiger charge is 2.23. The van der Waals surface area contributed by atoms with Crippen molar-refractivity contribution in [3.8, 4) is 5.88 Å². The van der Waals surface area contributed by atoms with E-state index in [1.165, 1.54) is 0 Å². The number of para-hydroxylation sites is 1. The average Bonchev–Trinajstić information content (AvgIpc) is 3.42. The Morgan fingerprint density at radius 1 is 1.19 bits per heavy atom. The van der Waals surface area contributed by atoms with E-state index < -0.39 is 5.69 Å². The number of aromatic amines is 2. The van der Waals surface area contributed by atoms with Crippen LogP contribution in [0.4, 0.5) is 11.6 Å². The molecule has 3 aromatic heterocycles. The van der Waals surface area contributed by atoms with Crippen molar-refractivity contribution in [2.24, 2.45) is 4.99 Å². The van der Waals surface area contributed by atoms with Crippen LogP contribution in [-0.4, -0.2) is 47.2 Å². The van der Waals surface area contributed by atoms with E-state index in [1.54, 1.807) is 16.8 Å². The summed E-state index contributed by atoms with van der Waals surface area (Å²) in [4.78, 5) is 30.4. The van der Waals surface area contributed by atoms with E-state index in [9.17, 15) is 9.90 Å². The molecule has 0 radical (unpaired) electrons. The second-order valence-electron chi connectivity index (χ2n) is 8.03. The van der Waals surface area contributed by atoms with Gasteiger partial charge in [0.15, 0.2) is 5.65 Å². The zero-order chi connectivity index (χ0) is 21.7. The summed E-state index contributed by atoms with van der Waals surface area (Å²) in [5, 5.41) is 21.8. The van der Waals surface area contributed by atoms with Crippen molar-refractivity contribution >= 4 is 23.4 Å². The SMILES string of the molecule is O=c1[nH]c(O)c(C=c2cnn3c(=NC4CC4)nc(NC4CCNc5ccccc54)nc23)[nH]1. The first kappa shape index (κ1) is 18.6. The molecule has 5 N–H and O–H groups in total. The second-order valence-corrected chi connectivity index (χ2v) is 8.03. The van der Waals surface area contributed by atoms with E-state index >= 15 is 0 Å². The molecule has 6 rings (SSSR count). The topological polar surface area (TPSA) is 148 Å². The van der Waals surface area contributed by atoms with Crippen LogP contribution in [0.5, 0.6) is 5.88 Å². The smallest absolute Gasteiger partial charge is 0.326 e. The van der Waals surface area contributed by atoms with E-state index in [0.717, 1.165) is 37.1 Å². The summed E-state index contributed by atoms with van der Waals surface area (Å²) in [5.74, 6) is 0.219. The molecule has 11 nitrogen and oxygen atoms in total. The molecule has 4 aromatic rings. The van der Waals surface area contributed by atoms with Crippen LogP contribution in [0.25, 0.3) is 11.7 Å². The van der Waals surface area contributed by atoms with Crippen LogP contribution >= 0.6 is 0 Å². The summed E-state index contributed by atoms with van der Waals surface area (Å²) < 4.78 is 1.59. The second kappa shape index (κ2) is 7.22. The molecule has 0 spiro atoms. The van der Waals surface area contributed by atoms with E-state index in [-0.39, 0.29) is 23.7 Å². The van der Waals surface area contributed by atoms with Gasteiger partial charge in [0.05, 0.1) is 18.3 Å². The van der Waals surface area contributed by atoms with Crippen LogP contribution in [0.1, 0.15) is 36.6 Å². The number of H-pyrrole nitrogens is 2. The van der Waals surface area contributed by atoms with Gasteiger partial charge in [0.25, 0.3) is 5.62 Å². The minimum Gasteiger partial charge on any atom is -0.493 e. The largest absolute Gasteiger partial charge is 0.493 e. The predicted octanol–water partition coefficient (Wildman–Crippen LogP) is 0.426. The predicted molar refractivity (Wildman–Crippen MR) is 117 cm³/mol. The van der Waals surface area contributed by atoms with E-state index in [4.69, 9.17) is 9.98 Å². The van der Waals surface area contributed by atoms with Crippen molar-refractivity contribution in [2.75, 3.05) is 17.2 Å². The minimum absolute atomic E-state index is 0.0594. The Bertz CT molecular complexity index is 1500. The highest BCUT2D eigenvalue weighted by Crippen LogP contribution is 2.31. The lowest BCUT2D eigenvalue weighted by molar-refractivity contribution is 0.454. The highest BCUT2D eigenvalue weighted by atomic mass is 16.3. The van der Waals surface area contributed by atoms with Crippen molar-refractivity contribution in [1.29, 1.82) is 0 Å². The summed E-state index contributed by atoms with van der Waals surface area (Å²) >= 11 is 0. The molecular weight excluding hydrogens is 410 g/mol. The number of anilines is 2. The number of rotatable bonds is 4. The molecule has 0 amide bonds.